The van der Waals surface area contributed by atoms with Gasteiger partial charge in [-0.1, -0.05) is 27.7 Å². The number of sulfonamides is 1. The lowest BCUT2D eigenvalue weighted by Gasteiger charge is -2.27. The predicted molar refractivity (Wildman–Crippen MR) is 76.1 cm³/mol. The van der Waals surface area contributed by atoms with E-state index in [1.807, 2.05) is 13.8 Å². The van der Waals surface area contributed by atoms with Crippen LogP contribution >= 0.6 is 0 Å². The highest BCUT2D eigenvalue weighted by molar-refractivity contribution is 7.89. The number of nitrogens with zero attached hydrogens (tertiary/aromatic N) is 1. The molecule has 1 aliphatic heterocycles. The minimum Gasteiger partial charge on any atom is -0.313 e. The van der Waals surface area contributed by atoms with E-state index in [0.717, 1.165) is 19.4 Å². The van der Waals surface area contributed by atoms with Gasteiger partial charge in [0.25, 0.3) is 0 Å². The van der Waals surface area contributed by atoms with Crippen molar-refractivity contribution in [2.75, 3.05) is 25.4 Å². The molecule has 0 amide bonds. The van der Waals surface area contributed by atoms with Gasteiger partial charge in [0, 0.05) is 19.1 Å². The zero-order valence-electron chi connectivity index (χ0n) is 12.1. The molecule has 0 radical (unpaired) electrons. The summed E-state index contributed by atoms with van der Waals surface area (Å²) >= 11 is 0. The van der Waals surface area contributed by atoms with Gasteiger partial charge in [0.15, 0.2) is 0 Å². The van der Waals surface area contributed by atoms with Crippen LogP contribution in [0.3, 0.4) is 0 Å². The van der Waals surface area contributed by atoms with Crippen LogP contribution < -0.4 is 5.32 Å². The van der Waals surface area contributed by atoms with Crippen LogP contribution in [0.1, 0.15) is 40.5 Å². The molecule has 0 spiro atoms. The topological polar surface area (TPSA) is 49.4 Å². The molecule has 1 aliphatic rings. The minimum atomic E-state index is -3.11. The summed E-state index contributed by atoms with van der Waals surface area (Å²) in [6.45, 7) is 10.3. The molecule has 1 atom stereocenters. The van der Waals surface area contributed by atoms with Gasteiger partial charge in [-0.25, -0.2) is 12.7 Å². The lowest BCUT2D eigenvalue weighted by atomic mass is 10.2. The average Bonchev–Trinajstić information content (AvgIpc) is 2.66. The Hall–Kier alpha value is -0.130. The molecule has 1 heterocycles. The summed E-state index contributed by atoms with van der Waals surface area (Å²) in [4.78, 5) is 0. The number of rotatable bonds is 7. The number of nitrogens with one attached hydrogen (secondary N) is 1. The van der Waals surface area contributed by atoms with Crippen LogP contribution in [0, 0.1) is 11.8 Å². The molecule has 1 saturated heterocycles. The summed E-state index contributed by atoms with van der Waals surface area (Å²) in [6.07, 6.45) is 2.25. The molecule has 108 valence electrons. The highest BCUT2D eigenvalue weighted by Gasteiger charge is 2.27. The van der Waals surface area contributed by atoms with Gasteiger partial charge in [-0.15, -0.1) is 0 Å². The maximum absolute atomic E-state index is 12.4. The first-order chi connectivity index (χ1) is 8.31. The molecule has 0 aromatic carbocycles. The lowest BCUT2D eigenvalue weighted by molar-refractivity contribution is 0.334. The van der Waals surface area contributed by atoms with Gasteiger partial charge in [0.2, 0.25) is 10.0 Å². The first-order valence-corrected chi connectivity index (χ1v) is 8.63. The van der Waals surface area contributed by atoms with Crippen molar-refractivity contribution in [3.8, 4) is 0 Å². The van der Waals surface area contributed by atoms with Crippen LogP contribution in [0.25, 0.3) is 0 Å². The Bertz CT molecular complexity index is 333. The molecule has 18 heavy (non-hydrogen) atoms. The molecule has 5 heteroatoms. The lowest BCUT2D eigenvalue weighted by Crippen LogP contribution is -2.44. The Labute approximate surface area is 112 Å². The Kier molecular flexibility index (Phi) is 6.08. The second-order valence-electron chi connectivity index (χ2n) is 6.18. The van der Waals surface area contributed by atoms with E-state index in [0.29, 0.717) is 25.0 Å². The van der Waals surface area contributed by atoms with Crippen LogP contribution in [-0.4, -0.2) is 44.2 Å². The SMILES string of the molecule is CC(C)CN(CC1CCCN1)S(=O)(=O)CC(C)C. The Balaban J connectivity index is 2.69. The van der Waals surface area contributed by atoms with Gasteiger partial charge in [0.1, 0.15) is 0 Å². The van der Waals surface area contributed by atoms with Gasteiger partial charge < -0.3 is 5.32 Å². The van der Waals surface area contributed by atoms with E-state index in [-0.39, 0.29) is 11.7 Å². The van der Waals surface area contributed by atoms with Gasteiger partial charge in [-0.2, -0.15) is 0 Å². The first kappa shape index (κ1) is 15.9. The Morgan fingerprint density at radius 3 is 2.33 bits per heavy atom. The largest absolute Gasteiger partial charge is 0.313 e. The van der Waals surface area contributed by atoms with Crippen LogP contribution in [-0.2, 0) is 10.0 Å². The molecule has 1 rings (SSSR count). The molecule has 1 fully saturated rings. The van der Waals surface area contributed by atoms with Crippen LogP contribution in [0.2, 0.25) is 0 Å². The molecule has 0 aromatic heterocycles. The van der Waals surface area contributed by atoms with E-state index >= 15 is 0 Å². The van der Waals surface area contributed by atoms with Crippen molar-refractivity contribution in [1.82, 2.24) is 9.62 Å². The molecule has 1 unspecified atom stereocenters. The minimum absolute atomic E-state index is 0.182. The molecule has 4 nitrogen and oxygen atoms in total. The summed E-state index contributed by atoms with van der Waals surface area (Å²) in [5, 5.41) is 3.38. The van der Waals surface area contributed by atoms with Crippen LogP contribution in [0.5, 0.6) is 0 Å². The van der Waals surface area contributed by atoms with E-state index in [1.165, 1.54) is 0 Å². The van der Waals surface area contributed by atoms with Crippen LogP contribution in [0.15, 0.2) is 0 Å². The zero-order chi connectivity index (χ0) is 13.8. The molecule has 1 N–H and O–H groups in total. The summed E-state index contributed by atoms with van der Waals surface area (Å²) in [5.74, 6) is 0.807. The molecule has 0 aromatic rings. The summed E-state index contributed by atoms with van der Waals surface area (Å²) in [5.41, 5.74) is 0. The van der Waals surface area contributed by atoms with Crippen molar-refractivity contribution >= 4 is 10.0 Å². The highest BCUT2D eigenvalue weighted by Crippen LogP contribution is 2.14. The third-order valence-corrected chi connectivity index (χ3v) is 5.27. The maximum Gasteiger partial charge on any atom is 0.214 e. The maximum atomic E-state index is 12.4. The van der Waals surface area contributed by atoms with Crippen molar-refractivity contribution in [2.45, 2.75) is 46.6 Å². The van der Waals surface area contributed by atoms with Crippen molar-refractivity contribution in [1.29, 1.82) is 0 Å². The second-order valence-corrected chi connectivity index (χ2v) is 8.19. The van der Waals surface area contributed by atoms with Gasteiger partial charge in [0.05, 0.1) is 5.75 Å². The van der Waals surface area contributed by atoms with E-state index in [1.54, 1.807) is 4.31 Å². The van der Waals surface area contributed by atoms with Crippen molar-refractivity contribution in [3.05, 3.63) is 0 Å². The van der Waals surface area contributed by atoms with E-state index in [4.69, 9.17) is 0 Å². The fraction of sp³-hybridized carbons (Fsp3) is 1.00. The van der Waals surface area contributed by atoms with E-state index in [9.17, 15) is 8.42 Å². The third kappa shape index (κ3) is 5.24. The normalized spacial score (nSPS) is 21.4. The summed E-state index contributed by atoms with van der Waals surface area (Å²) in [6, 6.07) is 0.339. The van der Waals surface area contributed by atoms with Crippen molar-refractivity contribution in [3.63, 3.8) is 0 Å². The van der Waals surface area contributed by atoms with E-state index in [2.05, 4.69) is 19.2 Å². The Morgan fingerprint density at radius 1 is 1.22 bits per heavy atom. The standard InChI is InChI=1S/C13H28N2O2S/c1-11(2)8-15(9-13-6-5-7-14-13)18(16,17)10-12(3)4/h11-14H,5-10H2,1-4H3. The Morgan fingerprint density at radius 2 is 1.89 bits per heavy atom. The number of hydrogen-bond donors (Lipinski definition) is 1. The molecule has 0 saturated carbocycles. The van der Waals surface area contributed by atoms with Gasteiger partial charge >= 0.3 is 0 Å². The third-order valence-electron chi connectivity index (χ3n) is 3.09. The number of hydrogen-bond acceptors (Lipinski definition) is 3. The zero-order valence-corrected chi connectivity index (χ0v) is 13.0. The predicted octanol–water partition coefficient (Wildman–Crippen LogP) is 1.68. The molecular weight excluding hydrogens is 248 g/mol. The van der Waals surface area contributed by atoms with Gasteiger partial charge in [-0.05, 0) is 31.2 Å². The van der Waals surface area contributed by atoms with E-state index < -0.39 is 10.0 Å². The summed E-state index contributed by atoms with van der Waals surface area (Å²) < 4.78 is 26.4. The van der Waals surface area contributed by atoms with Crippen molar-refractivity contribution < 1.29 is 8.42 Å². The smallest absolute Gasteiger partial charge is 0.214 e. The fourth-order valence-corrected chi connectivity index (χ4v) is 4.38. The fourth-order valence-electron chi connectivity index (χ4n) is 2.39. The quantitative estimate of drug-likeness (QED) is 0.770. The van der Waals surface area contributed by atoms with Crippen molar-refractivity contribution in [2.24, 2.45) is 11.8 Å². The second kappa shape index (κ2) is 6.87. The monoisotopic (exact) mass is 276 g/mol. The molecule has 0 bridgehead atoms. The molecular formula is C13H28N2O2S. The summed E-state index contributed by atoms with van der Waals surface area (Å²) in [7, 11) is -3.11. The van der Waals surface area contributed by atoms with Crippen LogP contribution in [0.4, 0.5) is 0 Å². The molecule has 0 aliphatic carbocycles. The average molecular weight is 276 g/mol. The highest BCUT2D eigenvalue weighted by atomic mass is 32.2. The van der Waals surface area contributed by atoms with Gasteiger partial charge in [-0.3, -0.25) is 0 Å². The first-order valence-electron chi connectivity index (χ1n) is 7.02.